The van der Waals surface area contributed by atoms with Crippen LogP contribution in [0.15, 0.2) is 18.2 Å². The zero-order valence-electron chi connectivity index (χ0n) is 10.00. The van der Waals surface area contributed by atoms with Gasteiger partial charge in [-0.1, -0.05) is 6.92 Å². The number of H-pyrrole nitrogens is 1. The van der Waals surface area contributed by atoms with E-state index >= 15 is 0 Å². The number of anilines is 1. The molecule has 5 nitrogen and oxygen atoms in total. The molecule has 0 aliphatic heterocycles. The molecule has 0 fully saturated rings. The quantitative estimate of drug-likeness (QED) is 0.588. The number of nitrogens with zero attached hydrogens (tertiary/aromatic N) is 1. The molecular weight excluding hydrogens is 472 g/mol. The Morgan fingerprint density at radius 3 is 2.79 bits per heavy atom. The van der Waals surface area contributed by atoms with E-state index in [0.29, 0.717) is 9.39 Å². The average molecular weight is 483 g/mol. The number of hydrogen-bond donors (Lipinski definition) is 3. The fraction of sp³-hybridized carbons (Fsp3) is 0.167. The Kier molecular flexibility index (Phi) is 4.66. The Morgan fingerprint density at radius 2 is 2.16 bits per heavy atom. The largest absolute Gasteiger partial charge is 0.506 e. The number of rotatable bonds is 3. The second-order valence-corrected chi connectivity index (χ2v) is 6.28. The van der Waals surface area contributed by atoms with Gasteiger partial charge in [0.2, 0.25) is 0 Å². The molecule has 7 heteroatoms. The molecule has 0 aliphatic carbocycles. The van der Waals surface area contributed by atoms with Gasteiger partial charge in [-0.25, -0.2) is 0 Å². The highest BCUT2D eigenvalue weighted by Gasteiger charge is 2.16. The molecule has 19 heavy (non-hydrogen) atoms. The Bertz CT molecular complexity index is 625. The first-order valence-corrected chi connectivity index (χ1v) is 7.70. The number of aromatic amines is 1. The van der Waals surface area contributed by atoms with E-state index in [0.717, 1.165) is 15.7 Å². The van der Waals surface area contributed by atoms with Crippen LogP contribution in [0.4, 0.5) is 5.82 Å². The zero-order valence-corrected chi connectivity index (χ0v) is 14.3. The number of phenols is 1. The number of carbonyl (C=O) groups excluding carboxylic acids is 1. The molecule has 100 valence electrons. The number of halogens is 2. The molecule has 1 amide bonds. The van der Waals surface area contributed by atoms with Crippen LogP contribution < -0.4 is 5.32 Å². The number of phenolic OH excluding ortho intramolecular Hbond substituents is 1. The van der Waals surface area contributed by atoms with E-state index in [4.69, 9.17) is 0 Å². The molecule has 0 radical (unpaired) electrons. The molecule has 1 aromatic heterocycles. The Morgan fingerprint density at radius 1 is 1.42 bits per heavy atom. The third-order valence-electron chi connectivity index (χ3n) is 2.53. The lowest BCUT2D eigenvalue weighted by atomic mass is 10.2. The van der Waals surface area contributed by atoms with Gasteiger partial charge in [0.1, 0.15) is 5.75 Å². The summed E-state index contributed by atoms with van der Waals surface area (Å²) in [6.07, 6.45) is 0.815. The normalized spacial score (nSPS) is 10.5. The van der Waals surface area contributed by atoms with Crippen LogP contribution in [0.1, 0.15) is 23.0 Å². The second kappa shape index (κ2) is 6.07. The summed E-state index contributed by atoms with van der Waals surface area (Å²) < 4.78 is 1.53. The first kappa shape index (κ1) is 14.6. The van der Waals surface area contributed by atoms with Crippen LogP contribution in [0.2, 0.25) is 0 Å². The van der Waals surface area contributed by atoms with Crippen molar-refractivity contribution in [3.05, 3.63) is 36.6 Å². The first-order valence-electron chi connectivity index (χ1n) is 5.55. The number of aromatic hydroxyl groups is 1. The SMILES string of the molecule is CCc1cc(NC(=O)c2cc(I)cc(I)c2O)n[nH]1. The summed E-state index contributed by atoms with van der Waals surface area (Å²) in [5.74, 6) is 0.0722. The predicted octanol–water partition coefficient (Wildman–Crippen LogP) is 3.14. The van der Waals surface area contributed by atoms with E-state index in [-0.39, 0.29) is 17.2 Å². The minimum atomic E-state index is -0.372. The smallest absolute Gasteiger partial charge is 0.260 e. The summed E-state index contributed by atoms with van der Waals surface area (Å²) in [6.45, 7) is 1.99. The lowest BCUT2D eigenvalue weighted by molar-refractivity contribution is 0.102. The van der Waals surface area contributed by atoms with Gasteiger partial charge in [0.15, 0.2) is 5.82 Å². The van der Waals surface area contributed by atoms with Gasteiger partial charge in [-0.3, -0.25) is 9.89 Å². The molecule has 0 aliphatic rings. The highest BCUT2D eigenvalue weighted by molar-refractivity contribution is 14.1. The standard InChI is InChI=1S/C12H11I2N3O2/c1-2-7-5-10(17-16-7)15-12(19)8-3-6(13)4-9(14)11(8)18/h3-5,18H,2H2,1H3,(H2,15,16,17,19). The molecule has 3 N–H and O–H groups in total. The summed E-state index contributed by atoms with van der Waals surface area (Å²) in [7, 11) is 0. The van der Waals surface area contributed by atoms with Gasteiger partial charge in [-0.15, -0.1) is 0 Å². The number of aromatic nitrogens is 2. The van der Waals surface area contributed by atoms with Gasteiger partial charge in [0.05, 0.1) is 9.13 Å². The molecule has 0 atom stereocenters. The van der Waals surface area contributed by atoms with E-state index in [1.54, 1.807) is 18.2 Å². The van der Waals surface area contributed by atoms with Crippen LogP contribution in [0, 0.1) is 7.14 Å². The number of hydrogen-bond acceptors (Lipinski definition) is 3. The Balaban J connectivity index is 2.25. The lowest BCUT2D eigenvalue weighted by Gasteiger charge is -2.07. The summed E-state index contributed by atoms with van der Waals surface area (Å²) in [4.78, 5) is 12.1. The van der Waals surface area contributed by atoms with Gasteiger partial charge in [0, 0.05) is 15.3 Å². The number of nitrogens with one attached hydrogen (secondary N) is 2. The fourth-order valence-electron chi connectivity index (χ4n) is 1.53. The molecule has 0 bridgehead atoms. The second-order valence-electron chi connectivity index (χ2n) is 3.87. The lowest BCUT2D eigenvalue weighted by Crippen LogP contribution is -2.13. The average Bonchev–Trinajstić information content (AvgIpc) is 2.81. The summed E-state index contributed by atoms with van der Waals surface area (Å²) in [5.41, 5.74) is 1.19. The molecule has 2 aromatic rings. The van der Waals surface area contributed by atoms with Crippen LogP contribution in [-0.4, -0.2) is 21.2 Å². The molecule has 2 rings (SSSR count). The van der Waals surface area contributed by atoms with Gasteiger partial charge >= 0.3 is 0 Å². The highest BCUT2D eigenvalue weighted by Crippen LogP contribution is 2.27. The van der Waals surface area contributed by atoms with E-state index < -0.39 is 0 Å². The maximum absolute atomic E-state index is 12.1. The van der Waals surface area contributed by atoms with Crippen LogP contribution in [-0.2, 0) is 6.42 Å². The summed E-state index contributed by atoms with van der Waals surface area (Å²) in [6, 6.07) is 5.21. The van der Waals surface area contributed by atoms with Crippen LogP contribution in [0.25, 0.3) is 0 Å². The minimum Gasteiger partial charge on any atom is -0.506 e. The van der Waals surface area contributed by atoms with Crippen molar-refractivity contribution in [3.63, 3.8) is 0 Å². The molecule has 0 saturated carbocycles. The number of benzene rings is 1. The van der Waals surface area contributed by atoms with Crippen molar-refractivity contribution in [1.82, 2.24) is 10.2 Å². The third kappa shape index (κ3) is 3.38. The monoisotopic (exact) mass is 483 g/mol. The van der Waals surface area contributed by atoms with Crippen molar-refractivity contribution in [1.29, 1.82) is 0 Å². The molecule has 0 saturated heterocycles. The van der Waals surface area contributed by atoms with Crippen LogP contribution in [0.3, 0.4) is 0 Å². The van der Waals surface area contributed by atoms with Gasteiger partial charge in [-0.2, -0.15) is 5.10 Å². The van der Waals surface area contributed by atoms with Gasteiger partial charge < -0.3 is 10.4 Å². The van der Waals surface area contributed by atoms with Crippen molar-refractivity contribution in [2.24, 2.45) is 0 Å². The molecule has 1 heterocycles. The maximum atomic E-state index is 12.1. The van der Waals surface area contributed by atoms with E-state index in [1.807, 2.05) is 29.5 Å². The van der Waals surface area contributed by atoms with Crippen LogP contribution >= 0.6 is 45.2 Å². The molecule has 0 unspecified atom stereocenters. The first-order chi connectivity index (χ1) is 9.01. The topological polar surface area (TPSA) is 78.0 Å². The summed E-state index contributed by atoms with van der Waals surface area (Å²) in [5, 5.41) is 19.4. The molecular formula is C12H11I2N3O2. The number of aryl methyl sites for hydroxylation is 1. The van der Waals surface area contributed by atoms with Crippen molar-refractivity contribution < 1.29 is 9.90 Å². The van der Waals surface area contributed by atoms with E-state index in [2.05, 4.69) is 38.1 Å². The van der Waals surface area contributed by atoms with E-state index in [1.165, 1.54) is 0 Å². The molecule has 0 spiro atoms. The minimum absolute atomic E-state index is 0.00948. The fourth-order valence-corrected chi connectivity index (χ4v) is 3.37. The third-order valence-corrected chi connectivity index (χ3v) is 3.97. The van der Waals surface area contributed by atoms with Gasteiger partial charge in [0.25, 0.3) is 5.91 Å². The van der Waals surface area contributed by atoms with Crippen LogP contribution in [0.5, 0.6) is 5.75 Å². The number of amides is 1. The highest BCUT2D eigenvalue weighted by atomic mass is 127. The van der Waals surface area contributed by atoms with Crippen molar-refractivity contribution in [2.45, 2.75) is 13.3 Å². The van der Waals surface area contributed by atoms with Crippen molar-refractivity contribution in [3.8, 4) is 5.75 Å². The maximum Gasteiger partial charge on any atom is 0.260 e. The Labute approximate surface area is 137 Å². The number of carbonyl (C=O) groups is 1. The van der Waals surface area contributed by atoms with E-state index in [9.17, 15) is 9.90 Å². The Hall–Kier alpha value is -0.840. The summed E-state index contributed by atoms with van der Waals surface area (Å²) >= 11 is 4.10. The van der Waals surface area contributed by atoms with Crippen molar-refractivity contribution >= 4 is 56.9 Å². The van der Waals surface area contributed by atoms with Gasteiger partial charge in [-0.05, 0) is 63.7 Å². The predicted molar refractivity (Wildman–Crippen MR) is 89.5 cm³/mol. The zero-order chi connectivity index (χ0) is 14.0. The molecule has 1 aromatic carbocycles. The van der Waals surface area contributed by atoms with Crippen molar-refractivity contribution in [2.75, 3.05) is 5.32 Å².